The van der Waals surface area contributed by atoms with E-state index < -0.39 is 0 Å². The van der Waals surface area contributed by atoms with Crippen LogP contribution in [0.15, 0.2) is 42.5 Å². The van der Waals surface area contributed by atoms with Crippen molar-refractivity contribution in [2.24, 2.45) is 0 Å². The number of likely N-dealkylation sites (N-methyl/N-ethyl adjacent to an activating group) is 1. The molecule has 1 aliphatic rings. The summed E-state index contributed by atoms with van der Waals surface area (Å²) < 4.78 is 0. The molecule has 0 radical (unpaired) electrons. The van der Waals surface area contributed by atoms with E-state index in [0.717, 1.165) is 12.8 Å². The van der Waals surface area contributed by atoms with Crippen LogP contribution in [-0.2, 0) is 12.8 Å². The minimum absolute atomic E-state index is 0. The van der Waals surface area contributed by atoms with Gasteiger partial charge >= 0.3 is 0 Å². The number of hydrogen-bond donors (Lipinski definition) is 1. The molecule has 112 valence electrons. The van der Waals surface area contributed by atoms with Gasteiger partial charge in [-0.2, -0.15) is 0 Å². The molecule has 0 aliphatic heterocycles. The SMILES string of the molecule is CN[C@@H]1Cc2ccccc2[C@H]1Cc1ccc(Cl)c(Cl)c1.Cl. The van der Waals surface area contributed by atoms with Gasteiger partial charge in [-0.1, -0.05) is 53.5 Å². The van der Waals surface area contributed by atoms with Crippen LogP contribution < -0.4 is 5.32 Å². The molecule has 0 spiro atoms. The average Bonchev–Trinajstić information content (AvgIpc) is 2.81. The van der Waals surface area contributed by atoms with Gasteiger partial charge in [0.05, 0.1) is 10.0 Å². The minimum atomic E-state index is 0. The van der Waals surface area contributed by atoms with Crippen LogP contribution in [-0.4, -0.2) is 13.1 Å². The highest BCUT2D eigenvalue weighted by Crippen LogP contribution is 2.36. The largest absolute Gasteiger partial charge is 0.316 e. The minimum Gasteiger partial charge on any atom is -0.316 e. The zero-order valence-electron chi connectivity index (χ0n) is 11.8. The standard InChI is InChI=1S/C17H17Cl2N.ClH/c1-20-17-10-12-4-2-3-5-13(12)14(17)8-11-6-7-15(18)16(19)9-11;/h2-7,9,14,17,20H,8,10H2,1H3;1H/t14-,17-;/m1./s1. The molecule has 1 nitrogen and oxygen atoms in total. The quantitative estimate of drug-likeness (QED) is 0.837. The number of benzene rings is 2. The lowest BCUT2D eigenvalue weighted by Gasteiger charge is -2.20. The number of rotatable bonds is 3. The van der Waals surface area contributed by atoms with Crippen LogP contribution in [0.3, 0.4) is 0 Å². The van der Waals surface area contributed by atoms with Gasteiger partial charge in [0, 0.05) is 12.0 Å². The maximum absolute atomic E-state index is 6.12. The fraction of sp³-hybridized carbons (Fsp3) is 0.294. The normalized spacial score (nSPS) is 20.0. The lowest BCUT2D eigenvalue weighted by molar-refractivity contribution is 0.492. The molecule has 1 N–H and O–H groups in total. The van der Waals surface area contributed by atoms with Crippen molar-refractivity contribution in [2.75, 3.05) is 7.05 Å². The Kier molecular flexibility index (Phi) is 5.56. The highest BCUT2D eigenvalue weighted by Gasteiger charge is 2.31. The predicted molar refractivity (Wildman–Crippen MR) is 93.1 cm³/mol. The van der Waals surface area contributed by atoms with Crippen molar-refractivity contribution in [3.63, 3.8) is 0 Å². The molecule has 0 fully saturated rings. The molecule has 0 heterocycles. The molecule has 2 aromatic carbocycles. The second-order valence-corrected chi connectivity index (χ2v) is 6.17. The first-order chi connectivity index (χ1) is 9.69. The topological polar surface area (TPSA) is 12.0 Å². The van der Waals surface area contributed by atoms with Gasteiger partial charge in [-0.05, 0) is 48.7 Å². The summed E-state index contributed by atoms with van der Waals surface area (Å²) in [6, 6.07) is 15.1. The summed E-state index contributed by atoms with van der Waals surface area (Å²) in [5.41, 5.74) is 4.15. The van der Waals surface area contributed by atoms with Gasteiger partial charge < -0.3 is 5.32 Å². The smallest absolute Gasteiger partial charge is 0.0595 e. The van der Waals surface area contributed by atoms with Gasteiger partial charge in [0.25, 0.3) is 0 Å². The molecule has 2 atom stereocenters. The Balaban J connectivity index is 0.00000161. The number of halogens is 3. The zero-order chi connectivity index (χ0) is 14.1. The van der Waals surface area contributed by atoms with Crippen LogP contribution in [0, 0.1) is 0 Å². The highest BCUT2D eigenvalue weighted by molar-refractivity contribution is 6.42. The first-order valence-electron chi connectivity index (χ1n) is 6.88. The third kappa shape index (κ3) is 3.37. The van der Waals surface area contributed by atoms with E-state index in [4.69, 9.17) is 23.2 Å². The van der Waals surface area contributed by atoms with Gasteiger partial charge in [-0.3, -0.25) is 0 Å². The summed E-state index contributed by atoms with van der Waals surface area (Å²) in [6.07, 6.45) is 2.08. The second-order valence-electron chi connectivity index (χ2n) is 5.36. The third-order valence-corrected chi connectivity index (χ3v) is 4.93. The molecule has 21 heavy (non-hydrogen) atoms. The Morgan fingerprint density at radius 1 is 1.10 bits per heavy atom. The van der Waals surface area contributed by atoms with Crippen molar-refractivity contribution in [3.05, 3.63) is 69.2 Å². The van der Waals surface area contributed by atoms with E-state index >= 15 is 0 Å². The van der Waals surface area contributed by atoms with Gasteiger partial charge in [-0.25, -0.2) is 0 Å². The third-order valence-electron chi connectivity index (χ3n) is 4.19. The molecule has 0 unspecified atom stereocenters. The molecule has 0 aromatic heterocycles. The van der Waals surface area contributed by atoms with E-state index in [1.807, 2.05) is 19.2 Å². The van der Waals surface area contributed by atoms with Crippen LogP contribution in [0.4, 0.5) is 0 Å². The summed E-state index contributed by atoms with van der Waals surface area (Å²) in [6.45, 7) is 0. The van der Waals surface area contributed by atoms with Gasteiger partial charge in [0.2, 0.25) is 0 Å². The van der Waals surface area contributed by atoms with E-state index in [1.54, 1.807) is 0 Å². The van der Waals surface area contributed by atoms with Gasteiger partial charge in [-0.15, -0.1) is 12.4 Å². The summed E-state index contributed by atoms with van der Waals surface area (Å²) in [5, 5.41) is 4.70. The van der Waals surface area contributed by atoms with E-state index in [2.05, 4.69) is 35.6 Å². The molecule has 2 aromatic rings. The Hall–Kier alpha value is -0.730. The van der Waals surface area contributed by atoms with Crippen LogP contribution in [0.1, 0.15) is 22.6 Å². The maximum atomic E-state index is 6.12. The van der Waals surface area contributed by atoms with Crippen molar-refractivity contribution >= 4 is 35.6 Å². The Bertz CT molecular complexity index is 627. The molecule has 1 aliphatic carbocycles. The van der Waals surface area contributed by atoms with Crippen LogP contribution >= 0.6 is 35.6 Å². The zero-order valence-corrected chi connectivity index (χ0v) is 14.1. The van der Waals surface area contributed by atoms with Crippen molar-refractivity contribution in [1.82, 2.24) is 5.32 Å². The Morgan fingerprint density at radius 3 is 2.57 bits per heavy atom. The molecular formula is C17H18Cl3N. The molecule has 4 heteroatoms. The average molecular weight is 343 g/mol. The van der Waals surface area contributed by atoms with Crippen LogP contribution in [0.5, 0.6) is 0 Å². The summed E-state index contributed by atoms with van der Waals surface area (Å²) >= 11 is 12.1. The van der Waals surface area contributed by atoms with Crippen molar-refractivity contribution < 1.29 is 0 Å². The van der Waals surface area contributed by atoms with Crippen LogP contribution in [0.25, 0.3) is 0 Å². The fourth-order valence-corrected chi connectivity index (χ4v) is 3.47. The molecule has 0 amide bonds. The van der Waals surface area contributed by atoms with Crippen molar-refractivity contribution in [2.45, 2.75) is 24.8 Å². The molecule has 0 bridgehead atoms. The number of hydrogen-bond acceptors (Lipinski definition) is 1. The van der Waals surface area contributed by atoms with Gasteiger partial charge in [0.15, 0.2) is 0 Å². The monoisotopic (exact) mass is 341 g/mol. The summed E-state index contributed by atoms with van der Waals surface area (Å²) in [7, 11) is 2.04. The predicted octanol–water partition coefficient (Wildman–Crippen LogP) is 4.89. The van der Waals surface area contributed by atoms with Crippen LogP contribution in [0.2, 0.25) is 10.0 Å². The molecule has 3 rings (SSSR count). The second kappa shape index (κ2) is 7.02. The molecule has 0 saturated heterocycles. The van der Waals surface area contributed by atoms with Crippen molar-refractivity contribution in [3.8, 4) is 0 Å². The maximum Gasteiger partial charge on any atom is 0.0595 e. The Labute approximate surface area is 142 Å². The first kappa shape index (κ1) is 16.6. The summed E-state index contributed by atoms with van der Waals surface area (Å²) in [5.74, 6) is 0.494. The highest BCUT2D eigenvalue weighted by atomic mass is 35.5. The number of nitrogens with one attached hydrogen (secondary N) is 1. The van der Waals surface area contributed by atoms with E-state index in [-0.39, 0.29) is 12.4 Å². The van der Waals surface area contributed by atoms with E-state index in [0.29, 0.717) is 22.0 Å². The molecule has 0 saturated carbocycles. The summed E-state index contributed by atoms with van der Waals surface area (Å²) in [4.78, 5) is 0. The van der Waals surface area contributed by atoms with E-state index in [1.165, 1.54) is 16.7 Å². The fourth-order valence-electron chi connectivity index (χ4n) is 3.15. The van der Waals surface area contributed by atoms with E-state index in [9.17, 15) is 0 Å². The van der Waals surface area contributed by atoms with Gasteiger partial charge in [0.1, 0.15) is 0 Å². The van der Waals surface area contributed by atoms with Crippen molar-refractivity contribution in [1.29, 1.82) is 0 Å². The lowest BCUT2D eigenvalue weighted by Crippen LogP contribution is -2.30. The Morgan fingerprint density at radius 2 is 1.86 bits per heavy atom. The molecular weight excluding hydrogens is 325 g/mol. The first-order valence-corrected chi connectivity index (χ1v) is 7.63. The number of fused-ring (bicyclic) bond motifs is 1. The lowest BCUT2D eigenvalue weighted by atomic mass is 9.91.